The zero-order chi connectivity index (χ0) is 21.2. The van der Waals surface area contributed by atoms with Crippen molar-refractivity contribution in [1.82, 2.24) is 15.3 Å². The Morgan fingerprint density at radius 3 is 2.45 bits per heavy atom. The topological polar surface area (TPSA) is 57.8 Å². The van der Waals surface area contributed by atoms with Crippen LogP contribution < -0.4 is 5.32 Å². The Morgan fingerprint density at radius 1 is 1.10 bits per heavy atom. The van der Waals surface area contributed by atoms with E-state index in [1.807, 2.05) is 25.1 Å². The number of aromatic amines is 1. The van der Waals surface area contributed by atoms with Gasteiger partial charge in [-0.2, -0.15) is 0 Å². The van der Waals surface area contributed by atoms with Crippen molar-refractivity contribution in [3.05, 3.63) is 65.0 Å². The van der Waals surface area contributed by atoms with Crippen LogP contribution in [0.2, 0.25) is 0 Å². The Hall–Kier alpha value is -2.62. The molecule has 0 atom stereocenters. The van der Waals surface area contributed by atoms with Gasteiger partial charge in [0, 0.05) is 17.5 Å². The number of fused-ring (bicyclic) bond motifs is 1. The molecule has 0 spiro atoms. The number of rotatable bonds is 7. The van der Waals surface area contributed by atoms with Gasteiger partial charge in [0.15, 0.2) is 0 Å². The lowest BCUT2D eigenvalue weighted by atomic mass is 9.75. The third-order valence-corrected chi connectivity index (χ3v) is 5.47. The average Bonchev–Trinajstić information content (AvgIpc) is 3.04. The average molecular weight is 392 g/mol. The first-order valence-corrected chi connectivity index (χ1v) is 10.5. The highest BCUT2D eigenvalue weighted by molar-refractivity contribution is 5.98. The predicted octanol–water partition coefficient (Wildman–Crippen LogP) is 5.70. The molecule has 0 saturated heterocycles. The molecule has 2 aromatic carbocycles. The Balaban J connectivity index is 1.79. The van der Waals surface area contributed by atoms with Crippen LogP contribution in [0.25, 0.3) is 11.0 Å². The highest BCUT2D eigenvalue weighted by atomic mass is 16.1. The summed E-state index contributed by atoms with van der Waals surface area (Å²) in [7, 11) is 0. The van der Waals surface area contributed by atoms with Crippen LogP contribution in [-0.4, -0.2) is 21.4 Å². The van der Waals surface area contributed by atoms with Crippen molar-refractivity contribution in [2.24, 2.45) is 0 Å². The number of amides is 1. The summed E-state index contributed by atoms with van der Waals surface area (Å²) in [4.78, 5) is 21.1. The summed E-state index contributed by atoms with van der Waals surface area (Å²) < 4.78 is 0. The van der Waals surface area contributed by atoms with E-state index in [1.54, 1.807) is 0 Å². The number of hydrogen-bond donors (Lipinski definition) is 2. The van der Waals surface area contributed by atoms with Crippen molar-refractivity contribution in [3.63, 3.8) is 0 Å². The lowest BCUT2D eigenvalue weighted by Crippen LogP contribution is -2.47. The summed E-state index contributed by atoms with van der Waals surface area (Å²) in [6, 6.07) is 14.3. The van der Waals surface area contributed by atoms with Gasteiger partial charge in [0.1, 0.15) is 5.82 Å². The number of benzene rings is 2. The molecule has 0 fully saturated rings. The van der Waals surface area contributed by atoms with Crippen molar-refractivity contribution in [2.75, 3.05) is 0 Å². The van der Waals surface area contributed by atoms with E-state index in [1.165, 1.54) is 5.56 Å². The predicted molar refractivity (Wildman–Crippen MR) is 120 cm³/mol. The number of hydrogen-bond acceptors (Lipinski definition) is 2. The van der Waals surface area contributed by atoms with Crippen molar-refractivity contribution in [3.8, 4) is 0 Å². The first-order valence-electron chi connectivity index (χ1n) is 10.5. The highest BCUT2D eigenvalue weighted by Gasteiger charge is 2.31. The molecule has 154 valence electrons. The summed E-state index contributed by atoms with van der Waals surface area (Å²) in [5.41, 5.74) is 4.47. The Labute approximate surface area is 174 Å². The summed E-state index contributed by atoms with van der Waals surface area (Å²) in [6.07, 6.45) is 2.79. The fraction of sp³-hybridized carbons (Fsp3) is 0.440. The molecule has 1 aromatic heterocycles. The summed E-state index contributed by atoms with van der Waals surface area (Å²) in [5.74, 6) is 0.934. The molecular formula is C25H33N3O. The number of carbonyl (C=O) groups is 1. The number of carbonyl (C=O) groups excluding carboxylic acids is 1. The second kappa shape index (κ2) is 8.02. The van der Waals surface area contributed by atoms with Gasteiger partial charge < -0.3 is 10.3 Å². The van der Waals surface area contributed by atoms with E-state index in [-0.39, 0.29) is 16.9 Å². The van der Waals surface area contributed by atoms with Crippen molar-refractivity contribution in [2.45, 2.75) is 71.8 Å². The molecule has 0 radical (unpaired) electrons. The van der Waals surface area contributed by atoms with Gasteiger partial charge in [0.05, 0.1) is 11.0 Å². The minimum absolute atomic E-state index is 0.0453. The Bertz CT molecular complexity index is 1000. The van der Waals surface area contributed by atoms with Crippen molar-refractivity contribution < 1.29 is 4.79 Å². The van der Waals surface area contributed by atoms with Crippen molar-refractivity contribution >= 4 is 16.9 Å². The van der Waals surface area contributed by atoms with Crippen LogP contribution in [0.3, 0.4) is 0 Å². The van der Waals surface area contributed by atoms with Gasteiger partial charge in [0.2, 0.25) is 0 Å². The van der Waals surface area contributed by atoms with Crippen LogP contribution in [-0.2, 0) is 11.8 Å². The summed E-state index contributed by atoms with van der Waals surface area (Å²) in [6.45, 7) is 12.8. The molecule has 0 aliphatic carbocycles. The van der Waals surface area contributed by atoms with Gasteiger partial charge in [-0.3, -0.25) is 4.79 Å². The zero-order valence-corrected chi connectivity index (χ0v) is 18.5. The lowest BCUT2D eigenvalue weighted by molar-refractivity contribution is 0.0900. The van der Waals surface area contributed by atoms with Gasteiger partial charge in [-0.25, -0.2) is 4.98 Å². The maximum absolute atomic E-state index is 13.1. The molecule has 29 heavy (non-hydrogen) atoms. The lowest BCUT2D eigenvalue weighted by Gasteiger charge is -2.36. The number of nitrogens with zero attached hydrogens (tertiary/aromatic N) is 1. The zero-order valence-electron chi connectivity index (χ0n) is 18.5. The quantitative estimate of drug-likeness (QED) is 0.543. The fourth-order valence-electron chi connectivity index (χ4n) is 4.35. The molecule has 4 nitrogen and oxygen atoms in total. The molecule has 4 heteroatoms. The normalized spacial score (nSPS) is 12.3. The second-order valence-corrected chi connectivity index (χ2v) is 9.39. The molecule has 3 rings (SSSR count). The third-order valence-electron chi connectivity index (χ3n) is 5.47. The van der Waals surface area contributed by atoms with Gasteiger partial charge in [-0.1, -0.05) is 51.1 Å². The van der Waals surface area contributed by atoms with Crippen LogP contribution in [0.4, 0.5) is 0 Å². The Kier molecular flexibility index (Phi) is 5.83. The van der Waals surface area contributed by atoms with E-state index in [4.69, 9.17) is 0 Å². The van der Waals surface area contributed by atoms with Crippen LogP contribution in [0, 0.1) is 6.92 Å². The van der Waals surface area contributed by atoms with Crippen molar-refractivity contribution in [1.29, 1.82) is 0 Å². The monoisotopic (exact) mass is 391 g/mol. The minimum Gasteiger partial charge on any atom is -0.347 e. The molecule has 3 aromatic rings. The maximum atomic E-state index is 13.1. The van der Waals surface area contributed by atoms with Crippen LogP contribution in [0.1, 0.15) is 74.8 Å². The van der Waals surface area contributed by atoms with Gasteiger partial charge in [-0.15, -0.1) is 0 Å². The van der Waals surface area contributed by atoms with Gasteiger partial charge in [0.25, 0.3) is 5.91 Å². The first kappa shape index (κ1) is 21.1. The van der Waals surface area contributed by atoms with E-state index < -0.39 is 0 Å². The smallest absolute Gasteiger partial charge is 0.251 e. The maximum Gasteiger partial charge on any atom is 0.251 e. The van der Waals surface area contributed by atoms with Gasteiger partial charge >= 0.3 is 0 Å². The number of aromatic nitrogens is 2. The van der Waals surface area contributed by atoms with Gasteiger partial charge in [-0.05, 0) is 62.3 Å². The SMILES string of the molecule is CCCc1nc2c(C)cc(C(=O)NC(C)(C)CC(C)(C)c3ccccc3)cc2[nH]1. The van der Waals surface area contributed by atoms with Crippen LogP contribution >= 0.6 is 0 Å². The molecule has 0 bridgehead atoms. The van der Waals surface area contributed by atoms with Crippen LogP contribution in [0.15, 0.2) is 42.5 Å². The summed E-state index contributed by atoms with van der Waals surface area (Å²) >= 11 is 0. The van der Waals surface area contributed by atoms with E-state index in [9.17, 15) is 4.79 Å². The molecule has 1 heterocycles. The fourth-order valence-corrected chi connectivity index (χ4v) is 4.35. The van der Waals surface area contributed by atoms with E-state index in [0.29, 0.717) is 5.56 Å². The highest BCUT2D eigenvalue weighted by Crippen LogP contribution is 2.32. The van der Waals surface area contributed by atoms with E-state index in [2.05, 4.69) is 74.2 Å². The molecule has 0 aliphatic heterocycles. The molecular weight excluding hydrogens is 358 g/mol. The number of imidazole rings is 1. The number of H-pyrrole nitrogens is 1. The van der Waals surface area contributed by atoms with Crippen LogP contribution in [0.5, 0.6) is 0 Å². The van der Waals surface area contributed by atoms with E-state index >= 15 is 0 Å². The first-order chi connectivity index (χ1) is 13.6. The molecule has 0 saturated carbocycles. The molecule has 0 unspecified atom stereocenters. The molecule has 0 aliphatic rings. The minimum atomic E-state index is -0.347. The molecule has 1 amide bonds. The van der Waals surface area contributed by atoms with E-state index in [0.717, 1.165) is 41.7 Å². The largest absolute Gasteiger partial charge is 0.347 e. The number of nitrogens with one attached hydrogen (secondary N) is 2. The second-order valence-electron chi connectivity index (χ2n) is 9.39. The summed E-state index contributed by atoms with van der Waals surface area (Å²) in [5, 5.41) is 3.25. The molecule has 2 N–H and O–H groups in total. The third kappa shape index (κ3) is 4.87. The Morgan fingerprint density at radius 2 is 1.79 bits per heavy atom. The standard InChI is InChI=1S/C25H33N3O/c1-7-11-21-26-20-15-18(14-17(2)22(20)27-21)23(29)28-25(5,6)16-24(3,4)19-12-9-8-10-13-19/h8-10,12-15H,7,11,16H2,1-6H3,(H,26,27)(H,28,29). The number of aryl methyl sites for hydroxylation is 2.